The summed E-state index contributed by atoms with van der Waals surface area (Å²) < 4.78 is 5.12. The van der Waals surface area contributed by atoms with Crippen LogP contribution in [0.4, 0.5) is 0 Å². The van der Waals surface area contributed by atoms with Gasteiger partial charge in [-0.3, -0.25) is 4.79 Å². The van der Waals surface area contributed by atoms with Crippen LogP contribution in [0.5, 0.6) is 5.75 Å². The number of methoxy groups -OCH3 is 1. The van der Waals surface area contributed by atoms with E-state index in [1.54, 1.807) is 7.11 Å². The van der Waals surface area contributed by atoms with Crippen molar-refractivity contribution in [3.63, 3.8) is 0 Å². The molecule has 2 rings (SSSR count). The highest BCUT2D eigenvalue weighted by Gasteiger charge is 2.03. The molecule has 0 fully saturated rings. The van der Waals surface area contributed by atoms with Crippen LogP contribution in [0.15, 0.2) is 41.2 Å². The molecule has 106 valence electrons. The zero-order valence-corrected chi connectivity index (χ0v) is 11.9. The van der Waals surface area contributed by atoms with Gasteiger partial charge in [-0.25, -0.2) is 0 Å². The SMILES string of the molecule is CCCNCc1ccc(-c2ccc(OC)cc2)[nH]c1=O. The summed E-state index contributed by atoms with van der Waals surface area (Å²) in [7, 11) is 1.63. The second-order valence-corrected chi connectivity index (χ2v) is 4.63. The topological polar surface area (TPSA) is 54.1 Å². The monoisotopic (exact) mass is 272 g/mol. The van der Waals surface area contributed by atoms with Crippen molar-refractivity contribution in [2.75, 3.05) is 13.7 Å². The first-order valence-electron chi connectivity index (χ1n) is 6.82. The van der Waals surface area contributed by atoms with Crippen LogP contribution in [-0.2, 0) is 6.54 Å². The van der Waals surface area contributed by atoms with Gasteiger partial charge in [-0.1, -0.05) is 13.0 Å². The Morgan fingerprint density at radius 1 is 1.15 bits per heavy atom. The molecule has 1 aromatic heterocycles. The number of H-pyrrole nitrogens is 1. The molecular weight excluding hydrogens is 252 g/mol. The maximum Gasteiger partial charge on any atom is 0.252 e. The van der Waals surface area contributed by atoms with E-state index in [1.807, 2.05) is 36.4 Å². The van der Waals surface area contributed by atoms with E-state index in [2.05, 4.69) is 17.2 Å². The van der Waals surface area contributed by atoms with Gasteiger partial charge in [0.25, 0.3) is 5.56 Å². The molecule has 2 aromatic rings. The molecule has 0 unspecified atom stereocenters. The summed E-state index contributed by atoms with van der Waals surface area (Å²) in [5.41, 5.74) is 2.51. The highest BCUT2D eigenvalue weighted by atomic mass is 16.5. The lowest BCUT2D eigenvalue weighted by molar-refractivity contribution is 0.415. The average molecular weight is 272 g/mol. The zero-order chi connectivity index (χ0) is 14.4. The van der Waals surface area contributed by atoms with Gasteiger partial charge in [-0.05, 0) is 48.9 Å². The number of ether oxygens (including phenoxy) is 1. The largest absolute Gasteiger partial charge is 0.497 e. The number of aromatic nitrogens is 1. The van der Waals surface area contributed by atoms with Gasteiger partial charge in [0, 0.05) is 17.8 Å². The third-order valence-electron chi connectivity index (χ3n) is 3.13. The lowest BCUT2D eigenvalue weighted by Crippen LogP contribution is -2.21. The average Bonchev–Trinajstić information content (AvgIpc) is 2.49. The second-order valence-electron chi connectivity index (χ2n) is 4.63. The van der Waals surface area contributed by atoms with E-state index in [0.29, 0.717) is 6.54 Å². The fourth-order valence-electron chi connectivity index (χ4n) is 1.98. The van der Waals surface area contributed by atoms with Crippen LogP contribution in [0.25, 0.3) is 11.3 Å². The van der Waals surface area contributed by atoms with Gasteiger partial charge in [0.1, 0.15) is 5.75 Å². The minimum absolute atomic E-state index is 0.0399. The number of hydrogen-bond acceptors (Lipinski definition) is 3. The summed E-state index contributed by atoms with van der Waals surface area (Å²) in [6, 6.07) is 11.4. The molecule has 0 saturated carbocycles. The normalized spacial score (nSPS) is 10.5. The molecule has 0 aliphatic rings. The maximum absolute atomic E-state index is 12.0. The van der Waals surface area contributed by atoms with Gasteiger partial charge in [0.15, 0.2) is 0 Å². The highest BCUT2D eigenvalue weighted by molar-refractivity contribution is 5.60. The fourth-order valence-corrected chi connectivity index (χ4v) is 1.98. The van der Waals surface area contributed by atoms with Crippen molar-refractivity contribution in [3.8, 4) is 17.0 Å². The summed E-state index contributed by atoms with van der Waals surface area (Å²) >= 11 is 0. The van der Waals surface area contributed by atoms with Crippen LogP contribution >= 0.6 is 0 Å². The van der Waals surface area contributed by atoms with Crippen LogP contribution in [-0.4, -0.2) is 18.6 Å². The van der Waals surface area contributed by atoms with Gasteiger partial charge in [0.05, 0.1) is 7.11 Å². The smallest absolute Gasteiger partial charge is 0.252 e. The van der Waals surface area contributed by atoms with Crippen molar-refractivity contribution in [3.05, 3.63) is 52.3 Å². The third kappa shape index (κ3) is 3.48. The first kappa shape index (κ1) is 14.3. The predicted molar refractivity (Wildman–Crippen MR) is 81.0 cm³/mol. The number of benzene rings is 1. The van der Waals surface area contributed by atoms with Gasteiger partial charge in [-0.15, -0.1) is 0 Å². The Kier molecular flexibility index (Phi) is 4.96. The fraction of sp³-hybridized carbons (Fsp3) is 0.312. The molecule has 0 spiro atoms. The van der Waals surface area contributed by atoms with Crippen molar-refractivity contribution in [1.82, 2.24) is 10.3 Å². The Hall–Kier alpha value is -2.07. The summed E-state index contributed by atoms with van der Waals surface area (Å²) in [6.45, 7) is 3.62. The van der Waals surface area contributed by atoms with Gasteiger partial charge in [-0.2, -0.15) is 0 Å². The lowest BCUT2D eigenvalue weighted by atomic mass is 10.1. The number of aromatic amines is 1. The number of pyridine rings is 1. The summed E-state index contributed by atoms with van der Waals surface area (Å²) in [5.74, 6) is 0.802. The van der Waals surface area contributed by atoms with E-state index in [9.17, 15) is 4.79 Å². The molecule has 0 radical (unpaired) electrons. The van der Waals surface area contributed by atoms with Crippen LogP contribution in [0, 0.1) is 0 Å². The quantitative estimate of drug-likeness (QED) is 0.795. The number of nitrogens with one attached hydrogen (secondary N) is 2. The minimum Gasteiger partial charge on any atom is -0.497 e. The Labute approximate surface area is 118 Å². The van der Waals surface area contributed by atoms with Crippen LogP contribution in [0.2, 0.25) is 0 Å². The zero-order valence-electron chi connectivity index (χ0n) is 11.9. The third-order valence-corrected chi connectivity index (χ3v) is 3.13. The van der Waals surface area contributed by atoms with Crippen LogP contribution in [0.1, 0.15) is 18.9 Å². The standard InChI is InChI=1S/C16H20N2O2/c1-3-10-17-11-13-6-9-15(18-16(13)19)12-4-7-14(20-2)8-5-12/h4-9,17H,3,10-11H2,1-2H3,(H,18,19). The van der Waals surface area contributed by atoms with E-state index < -0.39 is 0 Å². The van der Waals surface area contributed by atoms with Crippen LogP contribution < -0.4 is 15.6 Å². The maximum atomic E-state index is 12.0. The Morgan fingerprint density at radius 3 is 2.50 bits per heavy atom. The molecule has 1 heterocycles. The number of hydrogen-bond donors (Lipinski definition) is 2. The molecule has 2 N–H and O–H groups in total. The molecule has 0 saturated heterocycles. The van der Waals surface area contributed by atoms with Crippen molar-refractivity contribution in [2.45, 2.75) is 19.9 Å². The molecule has 0 aliphatic heterocycles. The Morgan fingerprint density at radius 2 is 1.90 bits per heavy atom. The molecule has 4 nitrogen and oxygen atoms in total. The molecule has 0 amide bonds. The molecule has 20 heavy (non-hydrogen) atoms. The van der Waals surface area contributed by atoms with Crippen molar-refractivity contribution >= 4 is 0 Å². The molecule has 0 aliphatic carbocycles. The molecular formula is C16H20N2O2. The summed E-state index contributed by atoms with van der Waals surface area (Å²) in [5, 5.41) is 3.23. The molecule has 0 bridgehead atoms. The van der Waals surface area contributed by atoms with Crippen LogP contribution in [0.3, 0.4) is 0 Å². The lowest BCUT2D eigenvalue weighted by Gasteiger charge is -2.06. The Bertz CT molecular complexity index is 603. The van der Waals surface area contributed by atoms with Gasteiger partial charge in [0.2, 0.25) is 0 Å². The first-order valence-corrected chi connectivity index (χ1v) is 6.82. The predicted octanol–water partition coefficient (Wildman–Crippen LogP) is 2.55. The first-order chi connectivity index (χ1) is 9.74. The van der Waals surface area contributed by atoms with Crippen molar-refractivity contribution in [1.29, 1.82) is 0 Å². The van der Waals surface area contributed by atoms with Gasteiger partial charge < -0.3 is 15.0 Å². The van der Waals surface area contributed by atoms with E-state index in [0.717, 1.165) is 35.5 Å². The molecule has 1 aromatic carbocycles. The summed E-state index contributed by atoms with van der Waals surface area (Å²) in [4.78, 5) is 14.9. The second kappa shape index (κ2) is 6.91. The van der Waals surface area contributed by atoms with Gasteiger partial charge >= 0.3 is 0 Å². The van der Waals surface area contributed by atoms with E-state index in [4.69, 9.17) is 4.74 Å². The number of rotatable bonds is 6. The van der Waals surface area contributed by atoms with Crippen molar-refractivity contribution < 1.29 is 4.74 Å². The van der Waals surface area contributed by atoms with E-state index in [1.165, 1.54) is 0 Å². The van der Waals surface area contributed by atoms with E-state index in [-0.39, 0.29) is 5.56 Å². The Balaban J connectivity index is 2.17. The summed E-state index contributed by atoms with van der Waals surface area (Å²) in [6.07, 6.45) is 1.06. The highest BCUT2D eigenvalue weighted by Crippen LogP contribution is 2.19. The molecule has 0 atom stereocenters. The van der Waals surface area contributed by atoms with Crippen molar-refractivity contribution in [2.24, 2.45) is 0 Å². The molecule has 4 heteroatoms. The minimum atomic E-state index is -0.0399. The van der Waals surface area contributed by atoms with E-state index >= 15 is 0 Å².